The number of carbonyl (C=O) groups is 3. The Morgan fingerprint density at radius 1 is 0.350 bits per heavy atom. The van der Waals surface area contributed by atoms with Crippen LogP contribution in [0.5, 0.6) is 0 Å². The standard InChI is InChI=1S/C54H94O6/c1-4-7-10-13-16-19-22-25-26-27-30-32-35-38-41-44-47-53(56)59-50-51(60-54(57)48-45-42-39-36-33-29-24-21-18-15-12-9-6-3)49-58-52(55)46-43-40-37-34-31-28-23-20-17-14-11-8-5-2/h26-33,39,42,51H,4-25,34-38,40-41,43-50H2,1-3H3/b27-26-,31-28-,32-30-,33-29-,42-39-. The van der Waals surface area contributed by atoms with Crippen molar-refractivity contribution in [2.45, 2.75) is 252 Å². The lowest BCUT2D eigenvalue weighted by molar-refractivity contribution is -0.166. The molecule has 0 amide bonds. The van der Waals surface area contributed by atoms with Gasteiger partial charge in [-0.2, -0.15) is 0 Å². The Bertz CT molecular complexity index is 1100. The Labute approximate surface area is 370 Å². The van der Waals surface area contributed by atoms with E-state index in [4.69, 9.17) is 14.2 Å². The number of hydrogen-bond donors (Lipinski definition) is 0. The number of unbranched alkanes of at least 4 members (excludes halogenated alkanes) is 25. The summed E-state index contributed by atoms with van der Waals surface area (Å²) < 4.78 is 16.7. The lowest BCUT2D eigenvalue weighted by Crippen LogP contribution is -2.30. The first-order valence-corrected chi connectivity index (χ1v) is 25.3. The Morgan fingerprint density at radius 2 is 0.683 bits per heavy atom. The predicted molar refractivity (Wildman–Crippen MR) is 256 cm³/mol. The third kappa shape index (κ3) is 46.2. The molecular weight excluding hydrogens is 745 g/mol. The summed E-state index contributed by atoms with van der Waals surface area (Å²) >= 11 is 0. The van der Waals surface area contributed by atoms with Gasteiger partial charge in [0.15, 0.2) is 6.10 Å². The van der Waals surface area contributed by atoms with Crippen molar-refractivity contribution < 1.29 is 28.6 Å². The molecule has 0 aliphatic rings. The number of carbonyl (C=O) groups excluding carboxylic acids is 3. The molecule has 0 radical (unpaired) electrons. The first-order chi connectivity index (χ1) is 29.5. The molecule has 0 heterocycles. The summed E-state index contributed by atoms with van der Waals surface area (Å²) in [5, 5.41) is 0. The zero-order chi connectivity index (χ0) is 43.7. The van der Waals surface area contributed by atoms with Crippen molar-refractivity contribution in [2.75, 3.05) is 13.2 Å². The summed E-state index contributed by atoms with van der Waals surface area (Å²) in [7, 11) is 0. The molecule has 0 aliphatic carbocycles. The Hall–Kier alpha value is -2.89. The topological polar surface area (TPSA) is 78.9 Å². The molecule has 0 fully saturated rings. The van der Waals surface area contributed by atoms with E-state index in [0.717, 1.165) is 77.0 Å². The second-order valence-electron chi connectivity index (χ2n) is 16.7. The lowest BCUT2D eigenvalue weighted by Gasteiger charge is -2.18. The van der Waals surface area contributed by atoms with E-state index in [1.54, 1.807) is 0 Å². The van der Waals surface area contributed by atoms with Gasteiger partial charge in [-0.1, -0.05) is 197 Å². The maximum absolute atomic E-state index is 12.7. The molecule has 1 unspecified atom stereocenters. The maximum Gasteiger partial charge on any atom is 0.306 e. The van der Waals surface area contributed by atoms with Gasteiger partial charge in [0.25, 0.3) is 0 Å². The highest BCUT2D eigenvalue weighted by Crippen LogP contribution is 2.12. The third-order valence-electron chi connectivity index (χ3n) is 10.8. The van der Waals surface area contributed by atoms with E-state index in [1.165, 1.54) is 122 Å². The molecule has 0 aromatic heterocycles. The van der Waals surface area contributed by atoms with Crippen LogP contribution in [0.15, 0.2) is 60.8 Å². The van der Waals surface area contributed by atoms with Crippen LogP contribution in [0.25, 0.3) is 0 Å². The quantitative estimate of drug-likeness (QED) is 0.0200. The van der Waals surface area contributed by atoms with Crippen LogP contribution < -0.4 is 0 Å². The van der Waals surface area contributed by atoms with E-state index < -0.39 is 6.10 Å². The van der Waals surface area contributed by atoms with Crippen LogP contribution in [0.3, 0.4) is 0 Å². The molecule has 6 nitrogen and oxygen atoms in total. The van der Waals surface area contributed by atoms with Gasteiger partial charge in [-0.05, 0) is 89.9 Å². The van der Waals surface area contributed by atoms with E-state index in [-0.39, 0.29) is 37.5 Å². The van der Waals surface area contributed by atoms with Crippen LogP contribution in [0.4, 0.5) is 0 Å². The fourth-order valence-electron chi connectivity index (χ4n) is 6.89. The first-order valence-electron chi connectivity index (χ1n) is 25.3. The SMILES string of the molecule is CCCCCCCC/C=C\C/C=C\CCC(=O)OC(COC(=O)CCCCC/C=C\C=C/CCCCCCCCC)COC(=O)CCCCC/C=C\CCCCCCCC. The fourth-order valence-corrected chi connectivity index (χ4v) is 6.89. The average molecular weight is 839 g/mol. The van der Waals surface area contributed by atoms with Crippen LogP contribution in [-0.4, -0.2) is 37.2 Å². The van der Waals surface area contributed by atoms with Gasteiger partial charge in [0, 0.05) is 19.3 Å². The number of allylic oxidation sites excluding steroid dienone is 10. The minimum Gasteiger partial charge on any atom is -0.462 e. The Kier molecular flexibility index (Phi) is 46.4. The predicted octanol–water partition coefficient (Wildman–Crippen LogP) is 16.5. The molecule has 1 atom stereocenters. The van der Waals surface area contributed by atoms with Crippen molar-refractivity contribution in [3.63, 3.8) is 0 Å². The molecule has 0 aromatic carbocycles. The molecule has 6 heteroatoms. The van der Waals surface area contributed by atoms with Crippen molar-refractivity contribution in [1.82, 2.24) is 0 Å². The van der Waals surface area contributed by atoms with Crippen LogP contribution in [-0.2, 0) is 28.6 Å². The average Bonchev–Trinajstić information content (AvgIpc) is 3.24. The number of ether oxygens (including phenoxy) is 3. The molecule has 60 heavy (non-hydrogen) atoms. The highest BCUT2D eigenvalue weighted by atomic mass is 16.6. The molecule has 0 spiro atoms. The third-order valence-corrected chi connectivity index (χ3v) is 10.8. The molecular formula is C54H94O6. The van der Waals surface area contributed by atoms with Gasteiger partial charge in [-0.25, -0.2) is 0 Å². The minimum atomic E-state index is -0.819. The van der Waals surface area contributed by atoms with E-state index in [1.807, 2.05) is 6.08 Å². The van der Waals surface area contributed by atoms with Crippen LogP contribution >= 0.6 is 0 Å². The number of esters is 3. The molecule has 0 N–H and O–H groups in total. The van der Waals surface area contributed by atoms with Gasteiger partial charge in [0.1, 0.15) is 13.2 Å². The van der Waals surface area contributed by atoms with Gasteiger partial charge in [0.2, 0.25) is 0 Å². The van der Waals surface area contributed by atoms with E-state index in [2.05, 4.69) is 75.5 Å². The largest absolute Gasteiger partial charge is 0.462 e. The molecule has 0 saturated heterocycles. The summed E-state index contributed by atoms with van der Waals surface area (Å²) in [4.78, 5) is 37.8. The van der Waals surface area contributed by atoms with Crippen molar-refractivity contribution >= 4 is 17.9 Å². The number of hydrogen-bond acceptors (Lipinski definition) is 6. The normalized spacial score (nSPS) is 12.5. The smallest absolute Gasteiger partial charge is 0.306 e. The molecule has 0 aromatic rings. The molecule has 0 saturated carbocycles. The second kappa shape index (κ2) is 48.8. The summed E-state index contributed by atoms with van der Waals surface area (Å²) in [6.07, 6.45) is 59.3. The second-order valence-corrected chi connectivity index (χ2v) is 16.7. The highest BCUT2D eigenvalue weighted by Gasteiger charge is 2.19. The minimum absolute atomic E-state index is 0.113. The molecule has 0 rings (SSSR count). The summed E-state index contributed by atoms with van der Waals surface area (Å²) in [6.45, 7) is 6.53. The number of rotatable bonds is 45. The van der Waals surface area contributed by atoms with Crippen LogP contribution in [0.2, 0.25) is 0 Å². The van der Waals surface area contributed by atoms with Gasteiger partial charge in [0.05, 0.1) is 0 Å². The van der Waals surface area contributed by atoms with Gasteiger partial charge >= 0.3 is 17.9 Å². The van der Waals surface area contributed by atoms with Crippen LogP contribution in [0.1, 0.15) is 245 Å². The van der Waals surface area contributed by atoms with Gasteiger partial charge in [-0.3, -0.25) is 14.4 Å². The zero-order valence-corrected chi connectivity index (χ0v) is 39.5. The maximum atomic E-state index is 12.7. The van der Waals surface area contributed by atoms with Gasteiger partial charge < -0.3 is 14.2 Å². The van der Waals surface area contributed by atoms with Crippen molar-refractivity contribution in [1.29, 1.82) is 0 Å². The Balaban J connectivity index is 4.50. The monoisotopic (exact) mass is 839 g/mol. The summed E-state index contributed by atoms with van der Waals surface area (Å²) in [6, 6.07) is 0. The van der Waals surface area contributed by atoms with E-state index in [0.29, 0.717) is 19.3 Å². The molecule has 0 bridgehead atoms. The molecule has 0 aliphatic heterocycles. The van der Waals surface area contributed by atoms with Crippen molar-refractivity contribution in [3.8, 4) is 0 Å². The summed E-state index contributed by atoms with van der Waals surface area (Å²) in [5.41, 5.74) is 0. The van der Waals surface area contributed by atoms with Crippen molar-refractivity contribution in [2.24, 2.45) is 0 Å². The van der Waals surface area contributed by atoms with E-state index >= 15 is 0 Å². The highest BCUT2D eigenvalue weighted by molar-refractivity contribution is 5.71. The van der Waals surface area contributed by atoms with E-state index in [9.17, 15) is 14.4 Å². The van der Waals surface area contributed by atoms with Crippen LogP contribution in [0, 0.1) is 0 Å². The first kappa shape index (κ1) is 57.1. The summed E-state index contributed by atoms with van der Waals surface area (Å²) in [5.74, 6) is -1.02. The lowest BCUT2D eigenvalue weighted by atomic mass is 10.1. The zero-order valence-electron chi connectivity index (χ0n) is 39.5. The fraction of sp³-hybridized carbons (Fsp3) is 0.759. The van der Waals surface area contributed by atoms with Crippen molar-refractivity contribution in [3.05, 3.63) is 60.8 Å². The Morgan fingerprint density at radius 3 is 1.10 bits per heavy atom. The van der Waals surface area contributed by atoms with Gasteiger partial charge in [-0.15, -0.1) is 0 Å². The molecule has 346 valence electrons.